The summed E-state index contributed by atoms with van der Waals surface area (Å²) in [7, 11) is 1.76. The van der Waals surface area contributed by atoms with Crippen LogP contribution in [0.5, 0.6) is 0 Å². The highest BCUT2D eigenvalue weighted by atomic mass is 19.1. The summed E-state index contributed by atoms with van der Waals surface area (Å²) in [6.45, 7) is -0.342. The molecule has 0 spiro atoms. The highest BCUT2D eigenvalue weighted by molar-refractivity contribution is 5.87. The minimum absolute atomic E-state index is 0.0903. The lowest BCUT2D eigenvalue weighted by molar-refractivity contribution is -0.136. The molecule has 0 saturated heterocycles. The molecule has 0 aliphatic rings. The maximum atomic E-state index is 13.1. The van der Waals surface area contributed by atoms with Crippen LogP contribution in [-0.2, 0) is 29.5 Å². The predicted octanol–water partition coefficient (Wildman–Crippen LogP) is 2.02. The number of aliphatic carboxylic acids is 1. The Morgan fingerprint density at radius 1 is 1.17 bits per heavy atom. The first-order valence-corrected chi connectivity index (χ1v) is 9.08. The number of ketones is 1. The molecular formula is C21H21FN4O3. The molecule has 2 N–H and O–H groups in total. The Morgan fingerprint density at radius 2 is 1.86 bits per heavy atom. The molecule has 2 heterocycles. The molecule has 8 heteroatoms. The van der Waals surface area contributed by atoms with E-state index < -0.39 is 12.0 Å². The molecule has 0 amide bonds. The van der Waals surface area contributed by atoms with Gasteiger partial charge in [-0.05, 0) is 42.3 Å². The first kappa shape index (κ1) is 20.3. The van der Waals surface area contributed by atoms with Gasteiger partial charge in [-0.3, -0.25) is 24.6 Å². The van der Waals surface area contributed by atoms with Crippen molar-refractivity contribution >= 4 is 11.8 Å². The van der Waals surface area contributed by atoms with Gasteiger partial charge in [0.25, 0.3) is 0 Å². The number of Topliss-reactive ketones (excluding diaryl/α,β-unsaturated/α-hetero) is 1. The standard InChI is InChI=1S/C21H21FN4O3/c1-26-17(11-18(25-26)15-6-8-23-9-7-15)12-20(27)19(24-13-21(28)29)10-14-2-4-16(22)5-3-14/h2-9,11,19,24H,10,12-13H2,1H3,(H,28,29)/t19-/m0/s1. The third-order valence-corrected chi connectivity index (χ3v) is 4.55. The van der Waals surface area contributed by atoms with Crippen LogP contribution < -0.4 is 5.32 Å². The van der Waals surface area contributed by atoms with E-state index in [1.165, 1.54) is 12.1 Å². The van der Waals surface area contributed by atoms with Gasteiger partial charge in [0.15, 0.2) is 5.78 Å². The van der Waals surface area contributed by atoms with E-state index in [0.717, 1.165) is 16.8 Å². The van der Waals surface area contributed by atoms with Crippen LogP contribution in [0.25, 0.3) is 11.3 Å². The van der Waals surface area contributed by atoms with E-state index in [0.29, 0.717) is 5.69 Å². The van der Waals surface area contributed by atoms with Gasteiger partial charge >= 0.3 is 5.97 Å². The Balaban J connectivity index is 1.76. The lowest BCUT2D eigenvalue weighted by Crippen LogP contribution is -2.42. The van der Waals surface area contributed by atoms with Crippen LogP contribution in [0.4, 0.5) is 4.39 Å². The van der Waals surface area contributed by atoms with Crippen molar-refractivity contribution in [3.05, 3.63) is 71.9 Å². The number of hydrogen-bond acceptors (Lipinski definition) is 5. The molecule has 0 fully saturated rings. The summed E-state index contributed by atoms with van der Waals surface area (Å²) in [6, 6.07) is 10.6. The van der Waals surface area contributed by atoms with E-state index in [1.807, 2.05) is 18.2 Å². The van der Waals surface area contributed by atoms with Crippen LogP contribution >= 0.6 is 0 Å². The second-order valence-electron chi connectivity index (χ2n) is 6.68. The predicted molar refractivity (Wildman–Crippen MR) is 105 cm³/mol. The zero-order valence-electron chi connectivity index (χ0n) is 15.9. The largest absolute Gasteiger partial charge is 0.480 e. The summed E-state index contributed by atoms with van der Waals surface area (Å²) in [5.41, 5.74) is 3.07. The zero-order chi connectivity index (χ0) is 20.8. The fourth-order valence-corrected chi connectivity index (χ4v) is 3.00. The number of aryl methyl sites for hydroxylation is 1. The topological polar surface area (TPSA) is 97.1 Å². The monoisotopic (exact) mass is 396 g/mol. The molecule has 0 aliphatic heterocycles. The lowest BCUT2D eigenvalue weighted by atomic mass is 9.99. The maximum absolute atomic E-state index is 13.1. The number of aromatic nitrogens is 3. The number of carboxylic acids is 1. The van der Waals surface area contributed by atoms with Gasteiger partial charge in [0.05, 0.1) is 24.7 Å². The number of carbonyl (C=O) groups is 2. The van der Waals surface area contributed by atoms with Crippen molar-refractivity contribution in [2.45, 2.75) is 18.9 Å². The van der Waals surface area contributed by atoms with E-state index in [1.54, 1.807) is 36.3 Å². The lowest BCUT2D eigenvalue weighted by Gasteiger charge is -2.17. The van der Waals surface area contributed by atoms with E-state index in [-0.39, 0.29) is 31.0 Å². The third kappa shape index (κ3) is 5.55. The smallest absolute Gasteiger partial charge is 0.317 e. The molecule has 3 aromatic rings. The van der Waals surface area contributed by atoms with E-state index in [4.69, 9.17) is 5.11 Å². The Kier molecular flexibility index (Phi) is 6.46. The van der Waals surface area contributed by atoms with Crippen molar-refractivity contribution < 1.29 is 19.1 Å². The molecule has 0 radical (unpaired) electrons. The maximum Gasteiger partial charge on any atom is 0.317 e. The fraction of sp³-hybridized carbons (Fsp3) is 0.238. The van der Waals surface area contributed by atoms with Gasteiger partial charge in [0, 0.05) is 30.7 Å². The molecule has 0 saturated carbocycles. The van der Waals surface area contributed by atoms with Crippen molar-refractivity contribution in [3.8, 4) is 11.3 Å². The van der Waals surface area contributed by atoms with Crippen molar-refractivity contribution in [1.82, 2.24) is 20.1 Å². The summed E-state index contributed by atoms with van der Waals surface area (Å²) >= 11 is 0. The Morgan fingerprint density at radius 3 is 2.52 bits per heavy atom. The first-order chi connectivity index (χ1) is 13.9. The van der Waals surface area contributed by atoms with Gasteiger partial charge in [-0.15, -0.1) is 0 Å². The molecular weight excluding hydrogens is 375 g/mol. The van der Waals surface area contributed by atoms with E-state index in [2.05, 4.69) is 15.4 Å². The first-order valence-electron chi connectivity index (χ1n) is 9.08. The number of hydrogen-bond donors (Lipinski definition) is 2. The Bertz CT molecular complexity index is 987. The number of carbonyl (C=O) groups excluding carboxylic acids is 1. The van der Waals surface area contributed by atoms with Crippen LogP contribution in [0.2, 0.25) is 0 Å². The second-order valence-corrected chi connectivity index (χ2v) is 6.68. The number of pyridine rings is 1. The molecule has 2 aromatic heterocycles. The number of nitrogens with one attached hydrogen (secondary N) is 1. The van der Waals surface area contributed by atoms with Gasteiger partial charge in [-0.1, -0.05) is 12.1 Å². The number of rotatable bonds is 9. The van der Waals surface area contributed by atoms with E-state index in [9.17, 15) is 14.0 Å². The molecule has 1 atom stereocenters. The minimum atomic E-state index is -1.05. The van der Waals surface area contributed by atoms with Crippen molar-refractivity contribution in [2.75, 3.05) is 6.54 Å². The number of carboxylic acid groups (broad SMARTS) is 1. The van der Waals surface area contributed by atoms with Gasteiger partial charge in [0.2, 0.25) is 0 Å². The van der Waals surface area contributed by atoms with Crippen LogP contribution in [0.15, 0.2) is 54.9 Å². The molecule has 0 aliphatic carbocycles. The second kappa shape index (κ2) is 9.20. The van der Waals surface area contributed by atoms with Crippen molar-refractivity contribution in [1.29, 1.82) is 0 Å². The Labute approximate surface area is 167 Å². The minimum Gasteiger partial charge on any atom is -0.480 e. The van der Waals surface area contributed by atoms with Crippen molar-refractivity contribution in [3.63, 3.8) is 0 Å². The molecule has 0 bridgehead atoms. The van der Waals surface area contributed by atoms with Gasteiger partial charge in [0.1, 0.15) is 5.82 Å². The summed E-state index contributed by atoms with van der Waals surface area (Å²) in [5, 5.41) is 16.2. The SMILES string of the molecule is Cn1nc(-c2ccncc2)cc1CC(=O)[C@H](Cc1ccc(F)cc1)NCC(=O)O. The van der Waals surface area contributed by atoms with E-state index >= 15 is 0 Å². The molecule has 3 rings (SSSR count). The van der Waals surface area contributed by atoms with Crippen LogP contribution in [0.3, 0.4) is 0 Å². The average molecular weight is 396 g/mol. The zero-order valence-corrected chi connectivity index (χ0v) is 15.9. The van der Waals surface area contributed by atoms with Gasteiger partial charge in [-0.2, -0.15) is 5.10 Å². The summed E-state index contributed by atoms with van der Waals surface area (Å²) in [4.78, 5) is 27.9. The number of benzene rings is 1. The Hall–Kier alpha value is -3.39. The molecule has 7 nitrogen and oxygen atoms in total. The fourth-order valence-electron chi connectivity index (χ4n) is 3.00. The van der Waals surface area contributed by atoms with Crippen LogP contribution in [-0.4, -0.2) is 44.2 Å². The number of nitrogens with zero attached hydrogens (tertiary/aromatic N) is 3. The number of halogens is 1. The van der Waals surface area contributed by atoms with Crippen molar-refractivity contribution in [2.24, 2.45) is 7.05 Å². The van der Waals surface area contributed by atoms with Crippen LogP contribution in [0, 0.1) is 5.82 Å². The summed E-state index contributed by atoms with van der Waals surface area (Å²) < 4.78 is 14.8. The van der Waals surface area contributed by atoms with Gasteiger partial charge in [-0.25, -0.2) is 4.39 Å². The highest BCUT2D eigenvalue weighted by Gasteiger charge is 2.21. The molecule has 0 unspecified atom stereocenters. The molecule has 1 aromatic carbocycles. The average Bonchev–Trinajstić information content (AvgIpc) is 3.07. The van der Waals surface area contributed by atoms with Gasteiger partial charge < -0.3 is 5.11 Å². The highest BCUT2D eigenvalue weighted by Crippen LogP contribution is 2.18. The molecule has 150 valence electrons. The van der Waals surface area contributed by atoms with Crippen LogP contribution in [0.1, 0.15) is 11.3 Å². The third-order valence-electron chi connectivity index (χ3n) is 4.55. The normalized spacial score (nSPS) is 11.9. The summed E-state index contributed by atoms with van der Waals surface area (Å²) in [5.74, 6) is -1.59. The summed E-state index contributed by atoms with van der Waals surface area (Å²) in [6.07, 6.45) is 3.70. The quantitative estimate of drug-likeness (QED) is 0.574. The molecule has 29 heavy (non-hydrogen) atoms.